The third kappa shape index (κ3) is 6.54. The number of carbonyl (C=O) groups is 1. The van der Waals surface area contributed by atoms with E-state index in [-0.39, 0.29) is 12.5 Å². The van der Waals surface area contributed by atoms with E-state index in [1.165, 1.54) is 0 Å². The summed E-state index contributed by atoms with van der Waals surface area (Å²) in [6.45, 7) is 4.49. The standard InChI is InChI=1S/C30H30O5/c1-21-20-26(15-12-23(21)14-17-29(31)32)33-19-18-22(2)34-28-16-13-24-8-6-7-11-27(24)30(28)35-25-9-4-3-5-10-25/h3-13,15-16,20,22H,14,17-19H2,1-2H3,(H,31,32)/t22-/m1/s1. The zero-order valence-electron chi connectivity index (χ0n) is 20.1. The number of aliphatic carboxylic acids is 1. The van der Waals surface area contributed by atoms with Crippen LogP contribution >= 0.6 is 0 Å². The zero-order chi connectivity index (χ0) is 24.6. The monoisotopic (exact) mass is 470 g/mol. The third-order valence-electron chi connectivity index (χ3n) is 5.85. The number of benzene rings is 4. The molecule has 5 heteroatoms. The van der Waals surface area contributed by atoms with E-state index in [1.807, 2.05) is 92.7 Å². The molecule has 180 valence electrons. The first-order valence-electron chi connectivity index (χ1n) is 11.8. The SMILES string of the molecule is Cc1cc(OCC[C@@H](C)Oc2ccc3ccccc3c2Oc2ccccc2)ccc1CCC(=O)O. The number of fused-ring (bicyclic) bond motifs is 1. The molecular weight excluding hydrogens is 440 g/mol. The molecule has 4 aromatic carbocycles. The molecule has 0 fully saturated rings. The first kappa shape index (κ1) is 24.1. The lowest BCUT2D eigenvalue weighted by Crippen LogP contribution is -2.16. The van der Waals surface area contributed by atoms with Crippen molar-refractivity contribution in [1.29, 1.82) is 0 Å². The van der Waals surface area contributed by atoms with Gasteiger partial charge in [-0.1, -0.05) is 54.6 Å². The van der Waals surface area contributed by atoms with Gasteiger partial charge in [-0.2, -0.15) is 0 Å². The number of aryl methyl sites for hydroxylation is 2. The summed E-state index contributed by atoms with van der Waals surface area (Å²) in [6.07, 6.45) is 1.24. The molecule has 0 spiro atoms. The highest BCUT2D eigenvalue weighted by molar-refractivity contribution is 5.91. The van der Waals surface area contributed by atoms with Crippen molar-refractivity contribution in [3.05, 3.63) is 96.1 Å². The van der Waals surface area contributed by atoms with Gasteiger partial charge >= 0.3 is 5.97 Å². The summed E-state index contributed by atoms with van der Waals surface area (Å²) >= 11 is 0. The molecule has 0 saturated carbocycles. The molecule has 4 rings (SSSR count). The molecule has 0 saturated heterocycles. The lowest BCUT2D eigenvalue weighted by molar-refractivity contribution is -0.136. The summed E-state index contributed by atoms with van der Waals surface area (Å²) < 4.78 is 18.5. The van der Waals surface area contributed by atoms with Crippen molar-refractivity contribution in [1.82, 2.24) is 0 Å². The van der Waals surface area contributed by atoms with Gasteiger partial charge in [0, 0.05) is 18.2 Å². The molecule has 0 amide bonds. The van der Waals surface area contributed by atoms with Gasteiger partial charge in [0.25, 0.3) is 0 Å². The second kappa shape index (κ2) is 11.4. The van der Waals surface area contributed by atoms with Crippen LogP contribution in [-0.4, -0.2) is 23.8 Å². The molecule has 0 aliphatic carbocycles. The Morgan fingerprint density at radius 1 is 0.914 bits per heavy atom. The Balaban J connectivity index is 1.40. The van der Waals surface area contributed by atoms with E-state index in [9.17, 15) is 4.79 Å². The highest BCUT2D eigenvalue weighted by Gasteiger charge is 2.15. The predicted molar refractivity (Wildman–Crippen MR) is 138 cm³/mol. The Morgan fingerprint density at radius 3 is 2.46 bits per heavy atom. The van der Waals surface area contributed by atoms with Crippen molar-refractivity contribution in [2.45, 2.75) is 39.2 Å². The second-order valence-corrected chi connectivity index (χ2v) is 8.58. The number of para-hydroxylation sites is 1. The quantitative estimate of drug-likeness (QED) is 0.251. The van der Waals surface area contributed by atoms with Crippen molar-refractivity contribution in [3.63, 3.8) is 0 Å². The second-order valence-electron chi connectivity index (χ2n) is 8.58. The van der Waals surface area contributed by atoms with Crippen LogP contribution in [0.25, 0.3) is 10.8 Å². The number of ether oxygens (including phenoxy) is 3. The van der Waals surface area contributed by atoms with Crippen molar-refractivity contribution in [2.75, 3.05) is 6.61 Å². The van der Waals surface area contributed by atoms with E-state index in [0.29, 0.717) is 30.9 Å². The summed E-state index contributed by atoms with van der Waals surface area (Å²) in [5.74, 6) is 2.13. The van der Waals surface area contributed by atoms with E-state index in [0.717, 1.165) is 33.4 Å². The van der Waals surface area contributed by atoms with Gasteiger partial charge in [-0.05, 0) is 67.1 Å². The number of hydrogen-bond donors (Lipinski definition) is 1. The van der Waals surface area contributed by atoms with Crippen molar-refractivity contribution >= 4 is 16.7 Å². The maximum atomic E-state index is 10.8. The Labute approximate surface area is 205 Å². The van der Waals surface area contributed by atoms with Gasteiger partial charge in [-0.15, -0.1) is 0 Å². The molecule has 0 bridgehead atoms. The maximum Gasteiger partial charge on any atom is 0.303 e. The molecule has 5 nitrogen and oxygen atoms in total. The Hall–Kier alpha value is -3.99. The fraction of sp³-hybridized carbons (Fsp3) is 0.233. The van der Waals surface area contributed by atoms with Crippen LogP contribution in [0.5, 0.6) is 23.0 Å². The van der Waals surface area contributed by atoms with Crippen molar-refractivity contribution in [3.8, 4) is 23.0 Å². The number of carboxylic acids is 1. The zero-order valence-corrected chi connectivity index (χ0v) is 20.1. The van der Waals surface area contributed by atoms with E-state index in [1.54, 1.807) is 0 Å². The van der Waals surface area contributed by atoms with E-state index >= 15 is 0 Å². The summed E-state index contributed by atoms with van der Waals surface area (Å²) in [4.78, 5) is 10.8. The van der Waals surface area contributed by atoms with Gasteiger partial charge in [-0.25, -0.2) is 0 Å². The molecule has 0 unspecified atom stereocenters. The summed E-state index contributed by atoms with van der Waals surface area (Å²) in [5, 5.41) is 11.0. The van der Waals surface area contributed by atoms with Crippen LogP contribution in [0.4, 0.5) is 0 Å². The molecule has 1 N–H and O–H groups in total. The molecular formula is C30H30O5. The van der Waals surface area contributed by atoms with Crippen LogP contribution < -0.4 is 14.2 Å². The predicted octanol–water partition coefficient (Wildman–Crippen LogP) is 7.19. The normalized spacial score (nSPS) is 11.7. The van der Waals surface area contributed by atoms with Crippen molar-refractivity contribution < 1.29 is 24.1 Å². The summed E-state index contributed by atoms with van der Waals surface area (Å²) in [6, 6.07) is 27.6. The van der Waals surface area contributed by atoms with Gasteiger partial charge in [0.15, 0.2) is 11.5 Å². The van der Waals surface area contributed by atoms with E-state index in [2.05, 4.69) is 6.07 Å². The lowest BCUT2D eigenvalue weighted by atomic mass is 10.0. The average molecular weight is 471 g/mol. The van der Waals surface area contributed by atoms with Crippen LogP contribution in [0.2, 0.25) is 0 Å². The van der Waals surface area contributed by atoms with Crippen LogP contribution in [0.3, 0.4) is 0 Å². The third-order valence-corrected chi connectivity index (χ3v) is 5.85. The molecule has 1 atom stereocenters. The average Bonchev–Trinajstić information content (AvgIpc) is 2.85. The first-order chi connectivity index (χ1) is 17.0. The fourth-order valence-electron chi connectivity index (χ4n) is 3.93. The summed E-state index contributed by atoms with van der Waals surface area (Å²) in [5.41, 5.74) is 2.06. The molecule has 0 heterocycles. The van der Waals surface area contributed by atoms with Gasteiger partial charge in [0.05, 0.1) is 12.7 Å². The fourth-order valence-corrected chi connectivity index (χ4v) is 3.93. The molecule has 35 heavy (non-hydrogen) atoms. The highest BCUT2D eigenvalue weighted by atomic mass is 16.5. The van der Waals surface area contributed by atoms with Gasteiger partial charge in [0.1, 0.15) is 11.5 Å². The van der Waals surface area contributed by atoms with Crippen LogP contribution in [0.15, 0.2) is 84.9 Å². The molecule has 4 aromatic rings. The number of carboxylic acid groups (broad SMARTS) is 1. The van der Waals surface area contributed by atoms with Gasteiger partial charge in [0.2, 0.25) is 0 Å². The van der Waals surface area contributed by atoms with Gasteiger partial charge in [-0.3, -0.25) is 4.79 Å². The lowest BCUT2D eigenvalue weighted by Gasteiger charge is -2.19. The minimum atomic E-state index is -0.789. The highest BCUT2D eigenvalue weighted by Crippen LogP contribution is 2.39. The maximum absolute atomic E-state index is 10.8. The molecule has 0 radical (unpaired) electrons. The molecule has 0 aromatic heterocycles. The molecule has 0 aliphatic rings. The minimum absolute atomic E-state index is 0.0924. The van der Waals surface area contributed by atoms with E-state index in [4.69, 9.17) is 19.3 Å². The summed E-state index contributed by atoms with van der Waals surface area (Å²) in [7, 11) is 0. The van der Waals surface area contributed by atoms with Gasteiger partial charge < -0.3 is 19.3 Å². The van der Waals surface area contributed by atoms with Crippen LogP contribution in [0.1, 0.15) is 30.9 Å². The smallest absolute Gasteiger partial charge is 0.303 e. The largest absolute Gasteiger partial charge is 0.493 e. The Morgan fingerprint density at radius 2 is 1.69 bits per heavy atom. The topological polar surface area (TPSA) is 65.0 Å². The van der Waals surface area contributed by atoms with Crippen LogP contribution in [-0.2, 0) is 11.2 Å². The minimum Gasteiger partial charge on any atom is -0.493 e. The Kier molecular flexibility index (Phi) is 7.88. The van der Waals surface area contributed by atoms with E-state index < -0.39 is 5.97 Å². The van der Waals surface area contributed by atoms with Crippen molar-refractivity contribution in [2.24, 2.45) is 0 Å². The Bertz CT molecular complexity index is 1280. The van der Waals surface area contributed by atoms with Crippen LogP contribution in [0, 0.1) is 6.92 Å². The number of rotatable bonds is 11. The first-order valence-corrected chi connectivity index (χ1v) is 11.8. The number of hydrogen-bond acceptors (Lipinski definition) is 4. The molecule has 0 aliphatic heterocycles.